The number of aromatic amines is 1. The number of carbonyl (C=O) groups is 2. The Labute approximate surface area is 189 Å². The summed E-state index contributed by atoms with van der Waals surface area (Å²) in [5, 5.41) is 1.20. The molecule has 5 heteroatoms. The Balaban J connectivity index is 1.35. The summed E-state index contributed by atoms with van der Waals surface area (Å²) in [4.78, 5) is 33.9. The van der Waals surface area contributed by atoms with Crippen LogP contribution in [0.5, 0.6) is 0 Å². The molecule has 32 heavy (non-hydrogen) atoms. The van der Waals surface area contributed by atoms with Gasteiger partial charge in [-0.1, -0.05) is 36.8 Å². The summed E-state index contributed by atoms with van der Waals surface area (Å²) < 4.78 is 0. The SMILES string of the molecule is Cc1cccc(C(=O)N2CCCN(C(=O)c3cccc4c5c([nH]c34)CCC(C)C5)CC2)c1. The first-order valence-electron chi connectivity index (χ1n) is 11.8. The average molecular weight is 430 g/mol. The van der Waals surface area contributed by atoms with Gasteiger partial charge in [0.2, 0.25) is 0 Å². The molecule has 1 aromatic heterocycles. The lowest BCUT2D eigenvalue weighted by molar-refractivity contribution is 0.0719. The maximum Gasteiger partial charge on any atom is 0.256 e. The molecule has 0 saturated carbocycles. The van der Waals surface area contributed by atoms with Crippen molar-refractivity contribution in [1.82, 2.24) is 14.8 Å². The van der Waals surface area contributed by atoms with Gasteiger partial charge in [0.05, 0.1) is 11.1 Å². The molecule has 1 aliphatic heterocycles. The molecule has 0 radical (unpaired) electrons. The first kappa shape index (κ1) is 20.8. The first-order chi connectivity index (χ1) is 15.5. The van der Waals surface area contributed by atoms with E-state index in [9.17, 15) is 9.59 Å². The third-order valence-electron chi connectivity index (χ3n) is 7.04. The third-order valence-corrected chi connectivity index (χ3v) is 7.04. The Kier molecular flexibility index (Phi) is 5.50. The number of carbonyl (C=O) groups excluding carboxylic acids is 2. The average Bonchev–Trinajstić information content (AvgIpc) is 2.99. The van der Waals surface area contributed by atoms with Crippen molar-refractivity contribution in [3.8, 4) is 0 Å². The van der Waals surface area contributed by atoms with Crippen molar-refractivity contribution in [2.75, 3.05) is 26.2 Å². The number of nitrogens with one attached hydrogen (secondary N) is 1. The van der Waals surface area contributed by atoms with Crippen molar-refractivity contribution in [3.63, 3.8) is 0 Å². The highest BCUT2D eigenvalue weighted by Crippen LogP contribution is 2.33. The molecule has 2 aliphatic rings. The van der Waals surface area contributed by atoms with Crippen LogP contribution < -0.4 is 0 Å². The van der Waals surface area contributed by atoms with Crippen molar-refractivity contribution in [3.05, 3.63) is 70.4 Å². The molecule has 1 N–H and O–H groups in total. The number of hydrogen-bond donors (Lipinski definition) is 1. The zero-order valence-electron chi connectivity index (χ0n) is 19.0. The van der Waals surface area contributed by atoms with E-state index in [1.807, 2.05) is 53.1 Å². The molecular formula is C27H31N3O2. The molecule has 5 nitrogen and oxygen atoms in total. The standard InChI is InChI=1S/C27H31N3O2/c1-18-6-3-7-20(16-18)26(31)29-12-5-13-30(15-14-29)27(32)22-9-4-8-21-23-17-19(2)10-11-24(23)28-25(21)22/h3-4,6-9,16,19,28H,5,10-15,17H2,1-2H3. The van der Waals surface area contributed by atoms with Crippen LogP contribution in [0.25, 0.3) is 10.9 Å². The van der Waals surface area contributed by atoms with Crippen LogP contribution in [0.15, 0.2) is 42.5 Å². The highest BCUT2D eigenvalue weighted by Gasteiger charge is 2.27. The quantitative estimate of drug-likeness (QED) is 0.648. The van der Waals surface area contributed by atoms with Gasteiger partial charge in [0, 0.05) is 42.8 Å². The Morgan fingerprint density at radius 2 is 1.72 bits per heavy atom. The highest BCUT2D eigenvalue weighted by molar-refractivity contribution is 6.07. The van der Waals surface area contributed by atoms with E-state index in [1.54, 1.807) is 0 Å². The third kappa shape index (κ3) is 3.81. The van der Waals surface area contributed by atoms with Crippen LogP contribution in [0.1, 0.15) is 57.3 Å². The van der Waals surface area contributed by atoms with Gasteiger partial charge in [0.1, 0.15) is 0 Å². The van der Waals surface area contributed by atoms with E-state index in [0.717, 1.165) is 41.5 Å². The Morgan fingerprint density at radius 1 is 0.969 bits per heavy atom. The molecule has 1 unspecified atom stereocenters. The van der Waals surface area contributed by atoms with Gasteiger partial charge in [-0.25, -0.2) is 0 Å². The number of aromatic nitrogens is 1. The number of aryl methyl sites for hydroxylation is 2. The van der Waals surface area contributed by atoms with E-state index >= 15 is 0 Å². The van der Waals surface area contributed by atoms with Gasteiger partial charge in [-0.05, 0) is 62.3 Å². The fourth-order valence-corrected chi connectivity index (χ4v) is 5.25. The van der Waals surface area contributed by atoms with E-state index in [2.05, 4.69) is 18.0 Å². The zero-order valence-corrected chi connectivity index (χ0v) is 19.0. The van der Waals surface area contributed by atoms with E-state index in [1.165, 1.54) is 23.1 Å². The fraction of sp³-hybridized carbons (Fsp3) is 0.407. The summed E-state index contributed by atoms with van der Waals surface area (Å²) in [5.74, 6) is 0.798. The molecule has 1 atom stereocenters. The Bertz CT molecular complexity index is 1180. The van der Waals surface area contributed by atoms with Crippen LogP contribution in [0.4, 0.5) is 0 Å². The molecule has 5 rings (SSSR count). The molecule has 2 heterocycles. The number of rotatable bonds is 2. The predicted molar refractivity (Wildman–Crippen MR) is 127 cm³/mol. The maximum absolute atomic E-state index is 13.5. The van der Waals surface area contributed by atoms with Crippen LogP contribution in [-0.4, -0.2) is 52.8 Å². The van der Waals surface area contributed by atoms with Gasteiger partial charge in [-0.2, -0.15) is 0 Å². The lowest BCUT2D eigenvalue weighted by Crippen LogP contribution is -2.37. The Hall–Kier alpha value is -3.08. The van der Waals surface area contributed by atoms with Gasteiger partial charge >= 0.3 is 0 Å². The summed E-state index contributed by atoms with van der Waals surface area (Å²) in [7, 11) is 0. The van der Waals surface area contributed by atoms with Gasteiger partial charge in [-0.3, -0.25) is 9.59 Å². The van der Waals surface area contributed by atoms with E-state index in [0.29, 0.717) is 32.1 Å². The van der Waals surface area contributed by atoms with Gasteiger partial charge < -0.3 is 14.8 Å². The van der Waals surface area contributed by atoms with Crippen LogP contribution in [0, 0.1) is 12.8 Å². The number of benzene rings is 2. The Morgan fingerprint density at radius 3 is 2.50 bits per heavy atom. The van der Waals surface area contributed by atoms with Crippen molar-refractivity contribution in [2.45, 2.75) is 39.5 Å². The lowest BCUT2D eigenvalue weighted by Gasteiger charge is -2.22. The molecule has 2 amide bonds. The number of nitrogens with zero attached hydrogens (tertiary/aromatic N) is 2. The van der Waals surface area contributed by atoms with Crippen molar-refractivity contribution in [1.29, 1.82) is 0 Å². The topological polar surface area (TPSA) is 56.4 Å². The van der Waals surface area contributed by atoms with Crippen LogP contribution >= 0.6 is 0 Å². The first-order valence-corrected chi connectivity index (χ1v) is 11.8. The molecular weight excluding hydrogens is 398 g/mol. The molecule has 1 saturated heterocycles. The number of hydrogen-bond acceptors (Lipinski definition) is 2. The summed E-state index contributed by atoms with van der Waals surface area (Å²) in [6.45, 7) is 6.77. The van der Waals surface area contributed by atoms with Gasteiger partial charge in [0.15, 0.2) is 0 Å². The fourth-order valence-electron chi connectivity index (χ4n) is 5.25. The summed E-state index contributed by atoms with van der Waals surface area (Å²) in [6, 6.07) is 13.8. The number of H-pyrrole nitrogens is 1. The highest BCUT2D eigenvalue weighted by atomic mass is 16.2. The van der Waals surface area contributed by atoms with E-state index in [4.69, 9.17) is 0 Å². The second-order valence-electron chi connectivity index (χ2n) is 9.47. The number of para-hydroxylation sites is 1. The van der Waals surface area contributed by atoms with Crippen LogP contribution in [0.3, 0.4) is 0 Å². The molecule has 0 bridgehead atoms. The van der Waals surface area contributed by atoms with E-state index in [-0.39, 0.29) is 11.8 Å². The molecule has 1 aliphatic carbocycles. The van der Waals surface area contributed by atoms with Crippen molar-refractivity contribution >= 4 is 22.7 Å². The molecule has 3 aromatic rings. The van der Waals surface area contributed by atoms with Crippen molar-refractivity contribution < 1.29 is 9.59 Å². The second-order valence-corrected chi connectivity index (χ2v) is 9.47. The monoisotopic (exact) mass is 429 g/mol. The number of amides is 2. The lowest BCUT2D eigenvalue weighted by atomic mass is 9.87. The maximum atomic E-state index is 13.5. The van der Waals surface area contributed by atoms with E-state index < -0.39 is 0 Å². The number of fused-ring (bicyclic) bond motifs is 3. The molecule has 0 spiro atoms. The second kappa shape index (κ2) is 8.45. The van der Waals surface area contributed by atoms with Crippen LogP contribution in [0.2, 0.25) is 0 Å². The molecule has 1 fully saturated rings. The van der Waals surface area contributed by atoms with Crippen LogP contribution in [-0.2, 0) is 12.8 Å². The minimum atomic E-state index is 0.0521. The predicted octanol–water partition coefficient (Wildman–Crippen LogP) is 4.59. The van der Waals surface area contributed by atoms with Gasteiger partial charge in [-0.15, -0.1) is 0 Å². The normalized spacial score (nSPS) is 19.0. The summed E-state index contributed by atoms with van der Waals surface area (Å²) in [5.41, 5.74) is 6.22. The summed E-state index contributed by atoms with van der Waals surface area (Å²) in [6.07, 6.45) is 4.11. The smallest absolute Gasteiger partial charge is 0.256 e. The zero-order chi connectivity index (χ0) is 22.2. The molecule has 166 valence electrons. The largest absolute Gasteiger partial charge is 0.358 e. The minimum Gasteiger partial charge on any atom is -0.358 e. The van der Waals surface area contributed by atoms with Gasteiger partial charge in [0.25, 0.3) is 11.8 Å². The van der Waals surface area contributed by atoms with Crippen molar-refractivity contribution in [2.24, 2.45) is 5.92 Å². The summed E-state index contributed by atoms with van der Waals surface area (Å²) >= 11 is 0. The minimum absolute atomic E-state index is 0.0521. The molecule has 2 aromatic carbocycles.